The van der Waals surface area contributed by atoms with Gasteiger partial charge in [0, 0.05) is 31.2 Å². The lowest BCUT2D eigenvalue weighted by atomic mass is 10.1. The van der Waals surface area contributed by atoms with Crippen LogP contribution in [-0.4, -0.2) is 50.8 Å². The van der Waals surface area contributed by atoms with Gasteiger partial charge in [-0.1, -0.05) is 6.07 Å². The SMILES string of the molecule is CC1CC(CN)CN1C(=O)C1CC(=O)N(c2cccc(S(N)(=O)=O)c2)C1.Cl. The Hall–Kier alpha value is -1.68. The highest BCUT2D eigenvalue weighted by Gasteiger charge is 2.41. The Bertz CT molecular complexity index is 832. The number of hydrogen-bond acceptors (Lipinski definition) is 5. The number of carbonyl (C=O) groups is 2. The number of primary sulfonamides is 1. The van der Waals surface area contributed by atoms with E-state index in [4.69, 9.17) is 10.9 Å². The van der Waals surface area contributed by atoms with Gasteiger partial charge < -0.3 is 15.5 Å². The highest BCUT2D eigenvalue weighted by molar-refractivity contribution is 7.89. The van der Waals surface area contributed by atoms with Crippen LogP contribution in [-0.2, 0) is 19.6 Å². The molecule has 150 valence electrons. The third-order valence-electron chi connectivity index (χ3n) is 5.21. The number of amides is 2. The van der Waals surface area contributed by atoms with E-state index in [9.17, 15) is 18.0 Å². The first-order chi connectivity index (χ1) is 12.2. The van der Waals surface area contributed by atoms with Crippen molar-refractivity contribution in [3.63, 3.8) is 0 Å². The summed E-state index contributed by atoms with van der Waals surface area (Å²) < 4.78 is 23.1. The number of sulfonamides is 1. The Labute approximate surface area is 165 Å². The van der Waals surface area contributed by atoms with E-state index in [1.54, 1.807) is 6.07 Å². The van der Waals surface area contributed by atoms with Crippen LogP contribution in [0.1, 0.15) is 19.8 Å². The standard InChI is InChI=1S/C17H24N4O4S.ClH/c1-11-5-12(8-18)9-20(11)17(23)13-6-16(22)21(10-13)14-3-2-4-15(7-14)26(19,24)25;/h2-4,7,11-13H,5-6,8-10,18H2,1H3,(H2,19,24,25);1H. The highest BCUT2D eigenvalue weighted by atomic mass is 35.5. The van der Waals surface area contributed by atoms with Gasteiger partial charge in [-0.2, -0.15) is 0 Å². The lowest BCUT2D eigenvalue weighted by Gasteiger charge is -2.25. The molecule has 3 unspecified atom stereocenters. The predicted octanol–water partition coefficient (Wildman–Crippen LogP) is 0.304. The molecule has 0 radical (unpaired) electrons. The van der Waals surface area contributed by atoms with Crippen molar-refractivity contribution in [3.05, 3.63) is 24.3 Å². The molecule has 1 aromatic rings. The zero-order chi connectivity index (χ0) is 19.1. The number of likely N-dealkylation sites (tertiary alicyclic amines) is 1. The van der Waals surface area contributed by atoms with E-state index in [1.165, 1.54) is 23.1 Å². The summed E-state index contributed by atoms with van der Waals surface area (Å²) in [5.74, 6) is -0.364. The average Bonchev–Trinajstić information content (AvgIpc) is 3.16. The van der Waals surface area contributed by atoms with E-state index in [-0.39, 0.29) is 48.1 Å². The third kappa shape index (κ3) is 4.43. The van der Waals surface area contributed by atoms with Gasteiger partial charge in [-0.3, -0.25) is 9.59 Å². The first-order valence-corrected chi connectivity index (χ1v) is 10.2. The van der Waals surface area contributed by atoms with E-state index in [0.717, 1.165) is 6.42 Å². The molecular formula is C17H25ClN4O4S. The van der Waals surface area contributed by atoms with Crippen molar-refractivity contribution in [2.75, 3.05) is 24.5 Å². The fraction of sp³-hybridized carbons (Fsp3) is 0.529. The molecule has 8 nitrogen and oxygen atoms in total. The molecule has 2 aliphatic rings. The summed E-state index contributed by atoms with van der Waals surface area (Å²) in [5, 5.41) is 5.16. The second-order valence-electron chi connectivity index (χ2n) is 7.12. The number of hydrogen-bond donors (Lipinski definition) is 2. The van der Waals surface area contributed by atoms with E-state index in [1.807, 2.05) is 11.8 Å². The second kappa shape index (κ2) is 8.14. The van der Waals surface area contributed by atoms with Gasteiger partial charge in [-0.15, -0.1) is 12.4 Å². The average molecular weight is 417 g/mol. The summed E-state index contributed by atoms with van der Waals surface area (Å²) in [6.45, 7) is 3.41. The highest BCUT2D eigenvalue weighted by Crippen LogP contribution is 2.30. The minimum atomic E-state index is -3.86. The maximum Gasteiger partial charge on any atom is 0.238 e. The Morgan fingerprint density at radius 3 is 2.59 bits per heavy atom. The molecule has 1 aromatic carbocycles. The van der Waals surface area contributed by atoms with Gasteiger partial charge in [-0.05, 0) is 44.0 Å². The summed E-state index contributed by atoms with van der Waals surface area (Å²) in [6.07, 6.45) is 0.998. The van der Waals surface area contributed by atoms with Gasteiger partial charge >= 0.3 is 0 Å². The van der Waals surface area contributed by atoms with Gasteiger partial charge in [-0.25, -0.2) is 13.6 Å². The van der Waals surface area contributed by atoms with Crippen LogP contribution >= 0.6 is 12.4 Å². The van der Waals surface area contributed by atoms with Crippen molar-refractivity contribution in [2.24, 2.45) is 22.7 Å². The molecule has 2 aliphatic heterocycles. The van der Waals surface area contributed by atoms with Crippen molar-refractivity contribution < 1.29 is 18.0 Å². The van der Waals surface area contributed by atoms with Crippen LogP contribution in [0.2, 0.25) is 0 Å². The van der Waals surface area contributed by atoms with Gasteiger partial charge in [0.25, 0.3) is 0 Å². The molecule has 0 aliphatic carbocycles. The van der Waals surface area contributed by atoms with Crippen molar-refractivity contribution >= 4 is 39.9 Å². The molecule has 0 bridgehead atoms. The van der Waals surface area contributed by atoms with E-state index in [0.29, 0.717) is 24.7 Å². The number of rotatable bonds is 4. The molecule has 0 saturated carbocycles. The summed E-state index contributed by atoms with van der Waals surface area (Å²) in [6, 6.07) is 6.03. The fourth-order valence-corrected chi connectivity index (χ4v) is 4.36. The van der Waals surface area contributed by atoms with Crippen LogP contribution in [0.4, 0.5) is 5.69 Å². The monoisotopic (exact) mass is 416 g/mol. The lowest BCUT2D eigenvalue weighted by molar-refractivity contribution is -0.136. The number of nitrogens with zero attached hydrogens (tertiary/aromatic N) is 2. The summed E-state index contributed by atoms with van der Waals surface area (Å²) in [7, 11) is -3.86. The zero-order valence-corrected chi connectivity index (χ0v) is 16.7. The van der Waals surface area contributed by atoms with Crippen LogP contribution in [0.5, 0.6) is 0 Å². The van der Waals surface area contributed by atoms with Crippen LogP contribution < -0.4 is 15.8 Å². The van der Waals surface area contributed by atoms with Crippen molar-refractivity contribution in [3.8, 4) is 0 Å². The molecular weight excluding hydrogens is 392 g/mol. The predicted molar refractivity (Wildman–Crippen MR) is 104 cm³/mol. The molecule has 0 spiro atoms. The molecule has 2 fully saturated rings. The molecule has 4 N–H and O–H groups in total. The zero-order valence-electron chi connectivity index (χ0n) is 15.1. The number of carbonyl (C=O) groups excluding carboxylic acids is 2. The van der Waals surface area contributed by atoms with Gasteiger partial charge in [0.15, 0.2) is 0 Å². The van der Waals surface area contributed by atoms with Gasteiger partial charge in [0.2, 0.25) is 21.8 Å². The smallest absolute Gasteiger partial charge is 0.238 e. The number of nitrogens with two attached hydrogens (primary N) is 2. The molecule has 27 heavy (non-hydrogen) atoms. The van der Waals surface area contributed by atoms with Crippen molar-refractivity contribution in [1.82, 2.24) is 4.90 Å². The molecule has 2 amide bonds. The Kier molecular flexibility index (Phi) is 6.51. The van der Waals surface area contributed by atoms with E-state index in [2.05, 4.69) is 0 Å². The third-order valence-corrected chi connectivity index (χ3v) is 6.12. The Morgan fingerprint density at radius 2 is 2.00 bits per heavy atom. The number of halogens is 1. The normalized spacial score (nSPS) is 25.6. The quantitative estimate of drug-likeness (QED) is 0.729. The van der Waals surface area contributed by atoms with Gasteiger partial charge in [0.1, 0.15) is 0 Å². The minimum Gasteiger partial charge on any atom is -0.339 e. The summed E-state index contributed by atoms with van der Waals surface area (Å²) >= 11 is 0. The molecule has 0 aromatic heterocycles. The topological polar surface area (TPSA) is 127 Å². The molecule has 3 rings (SSSR count). The van der Waals surface area contributed by atoms with Crippen LogP contribution in [0.25, 0.3) is 0 Å². The van der Waals surface area contributed by atoms with Crippen LogP contribution in [0.15, 0.2) is 29.2 Å². The van der Waals surface area contributed by atoms with E-state index < -0.39 is 15.9 Å². The van der Waals surface area contributed by atoms with Crippen LogP contribution in [0.3, 0.4) is 0 Å². The van der Waals surface area contributed by atoms with Crippen molar-refractivity contribution in [1.29, 1.82) is 0 Å². The Balaban J connectivity index is 0.00000261. The second-order valence-corrected chi connectivity index (χ2v) is 8.69. The Morgan fingerprint density at radius 1 is 1.30 bits per heavy atom. The molecule has 2 saturated heterocycles. The molecule has 3 atom stereocenters. The summed E-state index contributed by atoms with van der Waals surface area (Å²) in [4.78, 5) is 28.5. The maximum absolute atomic E-state index is 12.9. The summed E-state index contributed by atoms with van der Waals surface area (Å²) in [5.41, 5.74) is 6.16. The lowest BCUT2D eigenvalue weighted by Crippen LogP contribution is -2.40. The van der Waals surface area contributed by atoms with Crippen molar-refractivity contribution in [2.45, 2.75) is 30.7 Å². The van der Waals surface area contributed by atoms with E-state index >= 15 is 0 Å². The maximum atomic E-state index is 12.9. The number of benzene rings is 1. The minimum absolute atomic E-state index is 0. The fourth-order valence-electron chi connectivity index (χ4n) is 3.81. The van der Waals surface area contributed by atoms with Crippen LogP contribution in [0, 0.1) is 11.8 Å². The molecule has 10 heteroatoms. The largest absolute Gasteiger partial charge is 0.339 e. The number of anilines is 1. The van der Waals surface area contributed by atoms with Gasteiger partial charge in [0.05, 0.1) is 10.8 Å². The molecule has 2 heterocycles. The first kappa shape index (κ1) is 21.6. The first-order valence-electron chi connectivity index (χ1n) is 8.64.